The molecule has 3 unspecified atom stereocenters. The summed E-state index contributed by atoms with van der Waals surface area (Å²) in [6, 6.07) is -1.64. The van der Waals surface area contributed by atoms with E-state index >= 15 is 0 Å². The molecule has 128 valence electrons. The Morgan fingerprint density at radius 2 is 2.13 bits per heavy atom. The average Bonchev–Trinajstić information content (AvgIpc) is 2.51. The Hall–Kier alpha value is -1.29. The maximum absolute atomic E-state index is 12.3. The fraction of sp³-hybridized carbons (Fsp3) is 0.692. The lowest BCUT2D eigenvalue weighted by atomic mass is 9.94. The highest BCUT2D eigenvalue weighted by atomic mass is 79.9. The number of amides is 2. The zero-order chi connectivity index (χ0) is 17.4. The summed E-state index contributed by atoms with van der Waals surface area (Å²) >= 11 is 4.88. The van der Waals surface area contributed by atoms with Gasteiger partial charge in [-0.1, -0.05) is 15.9 Å². The number of ether oxygens (including phenoxy) is 2. The van der Waals surface area contributed by atoms with E-state index in [9.17, 15) is 19.2 Å². The minimum atomic E-state index is -1.03. The SMILES string of the molecule is CCOC(=O)C(=O)NC1C(=O)N2C(C(=O)OC)C(C)(Br)CS[C@H]12. The van der Waals surface area contributed by atoms with Gasteiger partial charge in [0.05, 0.1) is 18.0 Å². The largest absolute Gasteiger partial charge is 0.467 e. The van der Waals surface area contributed by atoms with Gasteiger partial charge in [-0.2, -0.15) is 0 Å². The van der Waals surface area contributed by atoms with Crippen molar-refractivity contribution in [2.75, 3.05) is 19.5 Å². The van der Waals surface area contributed by atoms with Crippen molar-refractivity contribution in [2.24, 2.45) is 0 Å². The van der Waals surface area contributed by atoms with Gasteiger partial charge in [0.15, 0.2) is 0 Å². The minimum absolute atomic E-state index is 0.0710. The standard InChI is InChI=1S/C13H17BrN2O6S/c1-4-22-12(20)8(17)15-6-9(18)16-7(11(19)21-3)13(2,14)5-23-10(6)16/h6-7,10H,4-5H2,1-3H3,(H,15,17)/t6?,7?,10-,13?/m1/s1. The molecule has 2 amide bonds. The van der Waals surface area contributed by atoms with E-state index in [0.717, 1.165) is 0 Å². The van der Waals surface area contributed by atoms with Gasteiger partial charge in [0, 0.05) is 5.75 Å². The molecule has 2 aliphatic rings. The smallest absolute Gasteiger partial charge is 0.396 e. The number of alkyl halides is 1. The van der Waals surface area contributed by atoms with E-state index in [1.807, 2.05) is 0 Å². The van der Waals surface area contributed by atoms with E-state index in [1.54, 1.807) is 13.8 Å². The van der Waals surface area contributed by atoms with Crippen molar-refractivity contribution >= 4 is 51.4 Å². The van der Waals surface area contributed by atoms with Crippen LogP contribution in [0.15, 0.2) is 0 Å². The molecule has 0 saturated carbocycles. The topological polar surface area (TPSA) is 102 Å². The zero-order valence-electron chi connectivity index (χ0n) is 12.8. The molecule has 2 saturated heterocycles. The highest BCUT2D eigenvalue weighted by Crippen LogP contribution is 2.46. The van der Waals surface area contributed by atoms with Crippen LogP contribution in [0.5, 0.6) is 0 Å². The number of halogens is 1. The van der Waals surface area contributed by atoms with Crippen molar-refractivity contribution in [3.8, 4) is 0 Å². The second-order valence-electron chi connectivity index (χ2n) is 5.32. The monoisotopic (exact) mass is 408 g/mol. The molecule has 2 fully saturated rings. The number of hydrogen-bond donors (Lipinski definition) is 1. The number of rotatable bonds is 3. The van der Waals surface area contributed by atoms with Crippen LogP contribution in [-0.2, 0) is 28.7 Å². The summed E-state index contributed by atoms with van der Waals surface area (Å²) in [5.41, 5.74) is 0. The molecule has 2 aliphatic heterocycles. The third-order valence-corrected chi connectivity index (χ3v) is 6.33. The number of methoxy groups -OCH3 is 1. The molecule has 2 heterocycles. The maximum atomic E-state index is 12.3. The Morgan fingerprint density at radius 3 is 2.70 bits per heavy atom. The summed E-state index contributed by atoms with van der Waals surface area (Å²) < 4.78 is 8.74. The Morgan fingerprint density at radius 1 is 1.48 bits per heavy atom. The highest BCUT2D eigenvalue weighted by molar-refractivity contribution is 9.10. The number of esters is 2. The fourth-order valence-corrected chi connectivity index (χ4v) is 4.78. The number of β-lactam (4-membered cyclic amide) rings is 1. The first-order valence-electron chi connectivity index (χ1n) is 6.92. The van der Waals surface area contributed by atoms with E-state index in [-0.39, 0.29) is 6.61 Å². The number of nitrogens with zero attached hydrogens (tertiary/aromatic N) is 1. The molecule has 8 nitrogen and oxygen atoms in total. The van der Waals surface area contributed by atoms with Crippen molar-refractivity contribution < 1.29 is 28.7 Å². The summed E-state index contributed by atoms with van der Waals surface area (Å²) in [5, 5.41) is 1.94. The van der Waals surface area contributed by atoms with Gasteiger partial charge in [-0.05, 0) is 13.8 Å². The Labute approximate surface area is 145 Å². The summed E-state index contributed by atoms with van der Waals surface area (Å²) in [5.74, 6) is -2.42. The first-order valence-corrected chi connectivity index (χ1v) is 8.77. The van der Waals surface area contributed by atoms with Crippen LogP contribution in [0.1, 0.15) is 13.8 Å². The van der Waals surface area contributed by atoms with E-state index in [4.69, 9.17) is 4.74 Å². The van der Waals surface area contributed by atoms with Crippen LogP contribution < -0.4 is 5.32 Å². The van der Waals surface area contributed by atoms with Gasteiger partial charge in [-0.25, -0.2) is 9.59 Å². The quantitative estimate of drug-likeness (QED) is 0.294. The van der Waals surface area contributed by atoms with Crippen LogP contribution >= 0.6 is 27.7 Å². The van der Waals surface area contributed by atoms with Crippen LogP contribution in [-0.4, -0.2) is 69.9 Å². The second-order valence-corrected chi connectivity index (χ2v) is 8.24. The van der Waals surface area contributed by atoms with Crippen LogP contribution in [0.4, 0.5) is 0 Å². The molecular formula is C13H17BrN2O6S. The van der Waals surface area contributed by atoms with Gasteiger partial charge < -0.3 is 19.7 Å². The van der Waals surface area contributed by atoms with Crippen molar-refractivity contribution in [1.29, 1.82) is 0 Å². The van der Waals surface area contributed by atoms with Crippen LogP contribution in [0, 0.1) is 0 Å². The molecule has 2 rings (SSSR count). The lowest BCUT2D eigenvalue weighted by molar-refractivity contribution is -0.167. The fourth-order valence-electron chi connectivity index (χ4n) is 2.56. The molecule has 0 aromatic carbocycles. The lowest BCUT2D eigenvalue weighted by Gasteiger charge is -2.56. The Bertz CT molecular complexity index is 555. The number of carbonyl (C=O) groups is 4. The van der Waals surface area contributed by atoms with Gasteiger partial charge in [0.2, 0.25) is 5.91 Å². The van der Waals surface area contributed by atoms with Crippen LogP contribution in [0.3, 0.4) is 0 Å². The highest BCUT2D eigenvalue weighted by Gasteiger charge is 2.61. The zero-order valence-corrected chi connectivity index (χ0v) is 15.2. The van der Waals surface area contributed by atoms with Crippen molar-refractivity contribution in [3.05, 3.63) is 0 Å². The first-order chi connectivity index (χ1) is 10.7. The normalized spacial score (nSPS) is 32.4. The molecule has 10 heteroatoms. The maximum Gasteiger partial charge on any atom is 0.396 e. The summed E-state index contributed by atoms with van der Waals surface area (Å²) in [6.07, 6.45) is 0. The number of hydrogen-bond acceptors (Lipinski definition) is 7. The van der Waals surface area contributed by atoms with Gasteiger partial charge >= 0.3 is 17.8 Å². The van der Waals surface area contributed by atoms with Gasteiger partial charge in [-0.3, -0.25) is 9.59 Å². The Balaban J connectivity index is 2.11. The average molecular weight is 409 g/mol. The predicted octanol–water partition coefficient (Wildman–Crippen LogP) is -0.355. The van der Waals surface area contributed by atoms with E-state index < -0.39 is 45.5 Å². The summed E-state index contributed by atoms with van der Waals surface area (Å²) in [4.78, 5) is 48.8. The van der Waals surface area contributed by atoms with Gasteiger partial charge in [0.25, 0.3) is 0 Å². The van der Waals surface area contributed by atoms with Crippen molar-refractivity contribution in [1.82, 2.24) is 10.2 Å². The molecular weight excluding hydrogens is 392 g/mol. The van der Waals surface area contributed by atoms with Crippen LogP contribution in [0.25, 0.3) is 0 Å². The van der Waals surface area contributed by atoms with Crippen molar-refractivity contribution in [2.45, 2.75) is 35.6 Å². The third kappa shape index (κ3) is 3.18. The van der Waals surface area contributed by atoms with E-state index in [1.165, 1.54) is 23.8 Å². The van der Waals surface area contributed by atoms with Crippen LogP contribution in [0.2, 0.25) is 0 Å². The van der Waals surface area contributed by atoms with E-state index in [2.05, 4.69) is 26.0 Å². The number of thioether (sulfide) groups is 1. The number of nitrogens with one attached hydrogen (secondary N) is 1. The molecule has 0 aliphatic carbocycles. The predicted molar refractivity (Wildman–Crippen MR) is 84.8 cm³/mol. The second kappa shape index (κ2) is 6.68. The molecule has 0 aromatic rings. The minimum Gasteiger partial charge on any atom is -0.467 e. The molecule has 0 aromatic heterocycles. The summed E-state index contributed by atoms with van der Waals surface area (Å²) in [6.45, 7) is 3.45. The first kappa shape index (κ1) is 18.1. The lowest BCUT2D eigenvalue weighted by Crippen LogP contribution is -2.78. The molecule has 1 N–H and O–H groups in total. The van der Waals surface area contributed by atoms with E-state index in [0.29, 0.717) is 5.75 Å². The number of fused-ring (bicyclic) bond motifs is 1. The molecule has 0 radical (unpaired) electrons. The van der Waals surface area contributed by atoms with Gasteiger partial charge in [-0.15, -0.1) is 11.8 Å². The molecule has 0 spiro atoms. The Kier molecular flexibility index (Phi) is 5.24. The molecule has 0 bridgehead atoms. The molecule has 4 atom stereocenters. The summed E-state index contributed by atoms with van der Waals surface area (Å²) in [7, 11) is 1.26. The van der Waals surface area contributed by atoms with Crippen molar-refractivity contribution in [3.63, 3.8) is 0 Å². The molecule has 23 heavy (non-hydrogen) atoms. The van der Waals surface area contributed by atoms with Gasteiger partial charge in [0.1, 0.15) is 17.5 Å². The number of carbonyl (C=O) groups excluding carboxylic acids is 4. The third-order valence-electron chi connectivity index (χ3n) is 3.64.